The summed E-state index contributed by atoms with van der Waals surface area (Å²) in [5.74, 6) is 0. The molecule has 2 amide bonds. The van der Waals surface area contributed by atoms with Crippen LogP contribution in [-0.2, 0) is 6.42 Å². The number of likely N-dealkylation sites (tertiary alicyclic amines) is 1. The van der Waals surface area contributed by atoms with Crippen molar-refractivity contribution in [1.29, 1.82) is 0 Å². The molecule has 2 aromatic rings. The fraction of sp³-hybridized carbons (Fsp3) is 0.588. The molecule has 0 aromatic carbocycles. The maximum absolute atomic E-state index is 12.5. The summed E-state index contributed by atoms with van der Waals surface area (Å²) in [7, 11) is 0. The number of urea groups is 1. The van der Waals surface area contributed by atoms with Crippen molar-refractivity contribution in [2.45, 2.75) is 51.5 Å². The van der Waals surface area contributed by atoms with E-state index in [-0.39, 0.29) is 6.03 Å². The van der Waals surface area contributed by atoms with Gasteiger partial charge in [0.15, 0.2) is 5.65 Å². The molecule has 0 aliphatic carbocycles. The van der Waals surface area contributed by atoms with E-state index in [1.165, 1.54) is 12.8 Å². The summed E-state index contributed by atoms with van der Waals surface area (Å²) >= 11 is 5.99. The van der Waals surface area contributed by atoms with Crippen molar-refractivity contribution >= 4 is 23.3 Å². The first kappa shape index (κ1) is 17.0. The number of carbonyl (C=O) groups excluding carboxylic acids is 1. The predicted octanol–water partition coefficient (Wildman–Crippen LogP) is 3.29. The number of fused-ring (bicyclic) bond motifs is 1. The second-order valence-corrected chi connectivity index (χ2v) is 6.72. The Bertz CT molecular complexity index is 701. The van der Waals surface area contributed by atoms with Gasteiger partial charge in [-0.15, -0.1) is 0 Å². The van der Waals surface area contributed by atoms with Gasteiger partial charge >= 0.3 is 6.03 Å². The van der Waals surface area contributed by atoms with Crippen LogP contribution in [0.4, 0.5) is 4.79 Å². The van der Waals surface area contributed by atoms with E-state index >= 15 is 0 Å². The Morgan fingerprint density at radius 3 is 3.08 bits per heavy atom. The monoisotopic (exact) mass is 349 g/mol. The first-order chi connectivity index (χ1) is 11.7. The summed E-state index contributed by atoms with van der Waals surface area (Å²) in [5.41, 5.74) is 1.67. The second-order valence-electron chi connectivity index (χ2n) is 6.31. The number of hydrogen-bond donors (Lipinski definition) is 1. The van der Waals surface area contributed by atoms with Gasteiger partial charge in [0.1, 0.15) is 5.02 Å². The fourth-order valence-corrected chi connectivity index (χ4v) is 3.48. The molecule has 1 aliphatic heterocycles. The molecule has 0 radical (unpaired) electrons. The second kappa shape index (κ2) is 7.83. The molecule has 7 heteroatoms. The Balaban J connectivity index is 1.55. The molecule has 1 unspecified atom stereocenters. The third-order valence-electron chi connectivity index (χ3n) is 4.67. The van der Waals surface area contributed by atoms with Gasteiger partial charge in [-0.3, -0.25) is 0 Å². The third kappa shape index (κ3) is 3.80. The van der Waals surface area contributed by atoms with Crippen LogP contribution in [0.1, 0.15) is 44.6 Å². The van der Waals surface area contributed by atoms with Crippen LogP contribution in [0.5, 0.6) is 0 Å². The van der Waals surface area contributed by atoms with E-state index in [0.717, 1.165) is 37.8 Å². The molecule has 0 spiro atoms. The van der Waals surface area contributed by atoms with Gasteiger partial charge in [-0.25, -0.2) is 14.3 Å². The van der Waals surface area contributed by atoms with Crippen LogP contribution in [0.25, 0.3) is 5.65 Å². The highest BCUT2D eigenvalue weighted by atomic mass is 35.5. The van der Waals surface area contributed by atoms with Crippen molar-refractivity contribution in [3.63, 3.8) is 0 Å². The number of carbonyl (C=O) groups is 1. The number of halogens is 1. The molecular weight excluding hydrogens is 326 g/mol. The average molecular weight is 350 g/mol. The Hall–Kier alpha value is -1.82. The van der Waals surface area contributed by atoms with Crippen molar-refractivity contribution in [1.82, 2.24) is 24.8 Å². The largest absolute Gasteiger partial charge is 0.338 e. The SMILES string of the molecule is CCC1CCCCCN1C(=O)NCCc1cnc2c(Cl)cnn2c1. The zero-order valence-electron chi connectivity index (χ0n) is 14.0. The molecule has 0 bridgehead atoms. The lowest BCUT2D eigenvalue weighted by atomic mass is 10.1. The molecule has 1 fully saturated rings. The highest BCUT2D eigenvalue weighted by molar-refractivity contribution is 6.33. The minimum atomic E-state index is 0.0555. The van der Waals surface area contributed by atoms with Gasteiger partial charge in [-0.2, -0.15) is 5.10 Å². The maximum Gasteiger partial charge on any atom is 0.317 e. The normalized spacial score (nSPS) is 18.6. The molecule has 3 heterocycles. The van der Waals surface area contributed by atoms with Gasteiger partial charge in [0.05, 0.1) is 6.20 Å². The van der Waals surface area contributed by atoms with Gasteiger partial charge in [0, 0.05) is 31.5 Å². The van der Waals surface area contributed by atoms with E-state index < -0.39 is 0 Å². The molecule has 24 heavy (non-hydrogen) atoms. The summed E-state index contributed by atoms with van der Waals surface area (Å²) in [6, 6.07) is 0.427. The lowest BCUT2D eigenvalue weighted by Crippen LogP contribution is -2.46. The fourth-order valence-electron chi connectivity index (χ4n) is 3.30. The topological polar surface area (TPSA) is 62.5 Å². The molecule has 3 rings (SSSR count). The average Bonchev–Trinajstić information content (AvgIpc) is 2.82. The van der Waals surface area contributed by atoms with Gasteiger partial charge in [0.2, 0.25) is 0 Å². The molecule has 1 aliphatic rings. The van der Waals surface area contributed by atoms with Crippen LogP contribution in [-0.4, -0.2) is 44.7 Å². The summed E-state index contributed by atoms with van der Waals surface area (Å²) in [4.78, 5) is 18.8. The Labute approximate surface area is 147 Å². The quantitative estimate of drug-likeness (QED) is 0.921. The first-order valence-corrected chi connectivity index (χ1v) is 9.09. The van der Waals surface area contributed by atoms with Gasteiger partial charge in [0.25, 0.3) is 0 Å². The van der Waals surface area contributed by atoms with Crippen LogP contribution >= 0.6 is 11.6 Å². The highest BCUT2D eigenvalue weighted by Gasteiger charge is 2.23. The van der Waals surface area contributed by atoms with Crippen molar-refractivity contribution in [2.24, 2.45) is 0 Å². The minimum absolute atomic E-state index is 0.0555. The molecule has 1 atom stereocenters. The predicted molar refractivity (Wildman–Crippen MR) is 94.4 cm³/mol. The molecule has 1 saturated heterocycles. The number of nitrogens with one attached hydrogen (secondary N) is 1. The van der Waals surface area contributed by atoms with Gasteiger partial charge in [-0.05, 0) is 31.2 Å². The molecule has 1 N–H and O–H groups in total. The van der Waals surface area contributed by atoms with Crippen molar-refractivity contribution in [3.05, 3.63) is 29.2 Å². The molecule has 0 saturated carbocycles. The van der Waals surface area contributed by atoms with Crippen LogP contribution in [0.2, 0.25) is 5.02 Å². The van der Waals surface area contributed by atoms with Crippen LogP contribution < -0.4 is 5.32 Å². The number of amides is 2. The van der Waals surface area contributed by atoms with Crippen LogP contribution in [0.3, 0.4) is 0 Å². The van der Waals surface area contributed by atoms with Gasteiger partial charge < -0.3 is 10.2 Å². The summed E-state index contributed by atoms with van der Waals surface area (Å²) < 4.78 is 1.67. The highest BCUT2D eigenvalue weighted by Crippen LogP contribution is 2.19. The van der Waals surface area contributed by atoms with E-state index in [2.05, 4.69) is 22.3 Å². The van der Waals surface area contributed by atoms with E-state index in [9.17, 15) is 4.79 Å². The standard InChI is InChI=1S/C17H24ClN5O/c1-2-14-6-4-3-5-9-22(14)17(24)19-8-7-13-10-20-16-15(18)11-21-23(16)12-13/h10-12,14H,2-9H2,1H3,(H,19,24). The van der Waals surface area contributed by atoms with Gasteiger partial charge in [-0.1, -0.05) is 31.4 Å². The summed E-state index contributed by atoms with van der Waals surface area (Å²) in [6.07, 6.45) is 11.7. The van der Waals surface area contributed by atoms with E-state index in [4.69, 9.17) is 11.6 Å². The number of nitrogens with zero attached hydrogens (tertiary/aromatic N) is 4. The molecule has 2 aromatic heterocycles. The van der Waals surface area contributed by atoms with Crippen molar-refractivity contribution in [2.75, 3.05) is 13.1 Å². The molecule has 130 valence electrons. The Morgan fingerprint density at radius 1 is 1.38 bits per heavy atom. The van der Waals surface area contributed by atoms with Crippen molar-refractivity contribution in [3.8, 4) is 0 Å². The van der Waals surface area contributed by atoms with Crippen molar-refractivity contribution < 1.29 is 4.79 Å². The lowest BCUT2D eigenvalue weighted by molar-refractivity contribution is 0.173. The van der Waals surface area contributed by atoms with E-state index in [0.29, 0.717) is 23.3 Å². The third-order valence-corrected chi connectivity index (χ3v) is 4.93. The smallest absolute Gasteiger partial charge is 0.317 e. The summed E-state index contributed by atoms with van der Waals surface area (Å²) in [5, 5.41) is 7.75. The lowest BCUT2D eigenvalue weighted by Gasteiger charge is -2.29. The van der Waals surface area contributed by atoms with E-state index in [1.54, 1.807) is 16.9 Å². The first-order valence-electron chi connectivity index (χ1n) is 8.71. The van der Waals surface area contributed by atoms with Crippen LogP contribution in [0, 0.1) is 0 Å². The molecular formula is C17H24ClN5O. The Kier molecular flexibility index (Phi) is 5.56. The molecule has 6 nitrogen and oxygen atoms in total. The number of hydrogen-bond acceptors (Lipinski definition) is 3. The van der Waals surface area contributed by atoms with Crippen LogP contribution in [0.15, 0.2) is 18.6 Å². The van der Waals surface area contributed by atoms with E-state index in [1.807, 2.05) is 11.1 Å². The zero-order valence-corrected chi connectivity index (χ0v) is 14.8. The zero-order chi connectivity index (χ0) is 16.9. The Morgan fingerprint density at radius 2 is 2.25 bits per heavy atom. The minimum Gasteiger partial charge on any atom is -0.338 e. The number of aromatic nitrogens is 3. The maximum atomic E-state index is 12.5. The summed E-state index contributed by atoms with van der Waals surface area (Å²) in [6.45, 7) is 3.62. The number of rotatable bonds is 4.